The van der Waals surface area contributed by atoms with E-state index in [0.717, 1.165) is 11.5 Å². The molecule has 38 heavy (non-hydrogen) atoms. The van der Waals surface area contributed by atoms with Crippen LogP contribution in [0.1, 0.15) is 29.8 Å². The molecule has 5 rings (SSSR count). The lowest BCUT2D eigenvalue weighted by atomic mass is 9.85. The lowest BCUT2D eigenvalue weighted by Gasteiger charge is -2.17. The fourth-order valence-electron chi connectivity index (χ4n) is 3.96. The summed E-state index contributed by atoms with van der Waals surface area (Å²) < 4.78 is 28.9. The number of nitriles is 1. The molecule has 0 radical (unpaired) electrons. The van der Waals surface area contributed by atoms with Gasteiger partial charge >= 0.3 is 0 Å². The van der Waals surface area contributed by atoms with Crippen molar-refractivity contribution in [3.05, 3.63) is 96.1 Å². The number of aromatic amines is 1. The predicted molar refractivity (Wildman–Crippen MR) is 140 cm³/mol. The van der Waals surface area contributed by atoms with Gasteiger partial charge in [-0.25, -0.2) is 23.7 Å². The number of carbonyl (C=O) groups is 1. The number of amides is 1. The van der Waals surface area contributed by atoms with Crippen LogP contribution in [0.4, 0.5) is 26.0 Å². The smallest absolute Gasteiger partial charge is 0.255 e. The Balaban J connectivity index is 1.44. The molecule has 0 saturated heterocycles. The molecule has 0 aliphatic rings. The zero-order chi connectivity index (χ0) is 26.9. The van der Waals surface area contributed by atoms with Crippen molar-refractivity contribution >= 4 is 34.1 Å². The number of halogens is 2. The van der Waals surface area contributed by atoms with Gasteiger partial charge in [-0.05, 0) is 74.0 Å². The average Bonchev–Trinajstić information content (AvgIpc) is 3.40. The van der Waals surface area contributed by atoms with Crippen molar-refractivity contribution in [2.45, 2.75) is 19.3 Å². The van der Waals surface area contributed by atoms with Crippen LogP contribution in [-0.4, -0.2) is 25.8 Å². The zero-order valence-electron chi connectivity index (χ0n) is 20.4. The standard InChI is InChI=1S/C28H21F2N7O/c1-28(2,14-31)17-10-16(11-18(29)12-17)27(38)37-23-13-19(5-6-22(23)30)36-26-20(4-3-8-32-26)24-21-7-9-33-25(21)35-15-34-24/h3-13,15H,1-2H3,(H,32,36)(H,37,38)(H,33,34,35). The number of anilines is 3. The molecule has 3 N–H and O–H groups in total. The highest BCUT2D eigenvalue weighted by Crippen LogP contribution is 2.32. The van der Waals surface area contributed by atoms with Gasteiger partial charge in [0.05, 0.1) is 22.9 Å². The second-order valence-corrected chi connectivity index (χ2v) is 9.10. The Bertz CT molecular complexity index is 1720. The van der Waals surface area contributed by atoms with Crippen molar-refractivity contribution in [2.75, 3.05) is 10.6 Å². The molecule has 0 saturated carbocycles. The summed E-state index contributed by atoms with van der Waals surface area (Å²) in [4.78, 5) is 29.0. The van der Waals surface area contributed by atoms with Crippen LogP contribution < -0.4 is 10.6 Å². The fourth-order valence-corrected chi connectivity index (χ4v) is 3.96. The first-order chi connectivity index (χ1) is 18.2. The lowest BCUT2D eigenvalue weighted by Crippen LogP contribution is -2.18. The molecule has 0 atom stereocenters. The van der Waals surface area contributed by atoms with Gasteiger partial charge in [-0.1, -0.05) is 0 Å². The minimum Gasteiger partial charge on any atom is -0.346 e. The van der Waals surface area contributed by atoms with E-state index in [1.165, 1.54) is 36.7 Å². The van der Waals surface area contributed by atoms with E-state index in [0.29, 0.717) is 34.0 Å². The second-order valence-electron chi connectivity index (χ2n) is 9.10. The highest BCUT2D eigenvalue weighted by Gasteiger charge is 2.23. The molecule has 1 amide bonds. The van der Waals surface area contributed by atoms with Gasteiger partial charge in [0, 0.05) is 34.6 Å². The van der Waals surface area contributed by atoms with E-state index < -0.39 is 23.0 Å². The highest BCUT2D eigenvalue weighted by atomic mass is 19.1. The number of rotatable bonds is 6. The fraction of sp³-hybridized carbons (Fsp3) is 0.107. The van der Waals surface area contributed by atoms with E-state index in [4.69, 9.17) is 0 Å². The molecule has 3 heterocycles. The molecule has 0 bridgehead atoms. The molecule has 188 valence electrons. The van der Waals surface area contributed by atoms with Crippen molar-refractivity contribution in [3.8, 4) is 17.3 Å². The molecule has 0 aliphatic carbocycles. The van der Waals surface area contributed by atoms with Crippen LogP contribution >= 0.6 is 0 Å². The molecule has 0 fully saturated rings. The summed E-state index contributed by atoms with van der Waals surface area (Å²) in [7, 11) is 0. The van der Waals surface area contributed by atoms with Crippen molar-refractivity contribution < 1.29 is 13.6 Å². The molecule has 8 nitrogen and oxygen atoms in total. The van der Waals surface area contributed by atoms with E-state index in [2.05, 4.69) is 36.6 Å². The monoisotopic (exact) mass is 509 g/mol. The van der Waals surface area contributed by atoms with Crippen LogP contribution in [0.25, 0.3) is 22.3 Å². The number of nitrogens with zero attached hydrogens (tertiary/aromatic N) is 4. The van der Waals surface area contributed by atoms with E-state index in [-0.39, 0.29) is 11.3 Å². The predicted octanol–water partition coefficient (Wildman–Crippen LogP) is 6.10. The lowest BCUT2D eigenvalue weighted by molar-refractivity contribution is 0.102. The van der Waals surface area contributed by atoms with Crippen LogP contribution in [0.5, 0.6) is 0 Å². The average molecular weight is 510 g/mol. The number of pyridine rings is 1. The Kier molecular flexibility index (Phi) is 6.26. The van der Waals surface area contributed by atoms with Crippen LogP contribution in [0.2, 0.25) is 0 Å². The topological polar surface area (TPSA) is 119 Å². The van der Waals surface area contributed by atoms with Crippen LogP contribution in [0.15, 0.2) is 73.3 Å². The number of nitrogens with one attached hydrogen (secondary N) is 3. The largest absolute Gasteiger partial charge is 0.346 e. The summed E-state index contributed by atoms with van der Waals surface area (Å²) >= 11 is 0. The number of hydrogen-bond donors (Lipinski definition) is 3. The van der Waals surface area contributed by atoms with Crippen molar-refractivity contribution in [1.82, 2.24) is 19.9 Å². The first-order valence-electron chi connectivity index (χ1n) is 11.6. The van der Waals surface area contributed by atoms with Crippen molar-refractivity contribution in [3.63, 3.8) is 0 Å². The molecular formula is C28H21F2N7O. The summed E-state index contributed by atoms with van der Waals surface area (Å²) in [5.74, 6) is -1.60. The van der Waals surface area contributed by atoms with Gasteiger partial charge in [0.2, 0.25) is 0 Å². The number of carbonyl (C=O) groups excluding carboxylic acids is 1. The number of fused-ring (bicyclic) bond motifs is 1. The molecular weight excluding hydrogens is 488 g/mol. The van der Waals surface area contributed by atoms with Gasteiger partial charge in [0.1, 0.15) is 29.4 Å². The quantitative estimate of drug-likeness (QED) is 0.255. The van der Waals surface area contributed by atoms with E-state index in [9.17, 15) is 18.8 Å². The first kappa shape index (κ1) is 24.5. The molecule has 2 aromatic carbocycles. The Labute approximate surface area is 216 Å². The number of aromatic nitrogens is 4. The second kappa shape index (κ2) is 9.71. The normalized spacial score (nSPS) is 11.2. The third-order valence-electron chi connectivity index (χ3n) is 6.06. The van der Waals surface area contributed by atoms with E-state index >= 15 is 0 Å². The maximum absolute atomic E-state index is 14.7. The van der Waals surface area contributed by atoms with E-state index in [1.807, 2.05) is 12.1 Å². The SMILES string of the molecule is CC(C)(C#N)c1cc(F)cc(C(=O)Nc2cc(Nc3ncccc3-c3ncnc4[nH]ccc34)ccc2F)c1. The van der Waals surface area contributed by atoms with Crippen LogP contribution in [-0.2, 0) is 5.41 Å². The number of benzene rings is 2. The van der Waals surface area contributed by atoms with Crippen LogP contribution in [0, 0.1) is 23.0 Å². The Morgan fingerprint density at radius 3 is 2.71 bits per heavy atom. The molecule has 0 aliphatic heterocycles. The minimum atomic E-state index is -1.01. The maximum Gasteiger partial charge on any atom is 0.255 e. The summed E-state index contributed by atoms with van der Waals surface area (Å²) in [5.41, 5.74) is 1.66. The van der Waals surface area contributed by atoms with Gasteiger partial charge in [-0.3, -0.25) is 4.79 Å². The van der Waals surface area contributed by atoms with Gasteiger partial charge in [0.15, 0.2) is 0 Å². The third kappa shape index (κ3) is 4.77. The third-order valence-corrected chi connectivity index (χ3v) is 6.06. The summed E-state index contributed by atoms with van der Waals surface area (Å²) in [5, 5.41) is 15.8. The Hall–Kier alpha value is -5.17. The Morgan fingerprint density at radius 1 is 1.05 bits per heavy atom. The number of H-pyrrole nitrogens is 1. The summed E-state index contributed by atoms with van der Waals surface area (Å²) in [6, 6.07) is 15.4. The maximum atomic E-state index is 14.7. The molecule has 0 unspecified atom stereocenters. The number of hydrogen-bond acceptors (Lipinski definition) is 6. The molecule has 10 heteroatoms. The molecule has 0 spiro atoms. The summed E-state index contributed by atoms with van der Waals surface area (Å²) in [6.07, 6.45) is 4.83. The van der Waals surface area contributed by atoms with Crippen molar-refractivity contribution in [2.24, 2.45) is 0 Å². The zero-order valence-corrected chi connectivity index (χ0v) is 20.4. The molecule has 3 aromatic heterocycles. The van der Waals surface area contributed by atoms with Crippen molar-refractivity contribution in [1.29, 1.82) is 5.26 Å². The van der Waals surface area contributed by atoms with Gasteiger partial charge in [-0.2, -0.15) is 5.26 Å². The first-order valence-corrected chi connectivity index (χ1v) is 11.6. The Morgan fingerprint density at radius 2 is 1.89 bits per heavy atom. The van der Waals surface area contributed by atoms with Gasteiger partial charge < -0.3 is 15.6 Å². The molecule has 5 aromatic rings. The van der Waals surface area contributed by atoms with Gasteiger partial charge in [0.25, 0.3) is 5.91 Å². The van der Waals surface area contributed by atoms with E-state index in [1.54, 1.807) is 32.3 Å². The van der Waals surface area contributed by atoms with Crippen LogP contribution in [0.3, 0.4) is 0 Å². The minimum absolute atomic E-state index is 0.0348. The highest BCUT2D eigenvalue weighted by molar-refractivity contribution is 6.05. The van der Waals surface area contributed by atoms with Gasteiger partial charge in [-0.15, -0.1) is 0 Å². The summed E-state index contributed by atoms with van der Waals surface area (Å²) in [6.45, 7) is 3.24.